The monoisotopic (exact) mass is 339 g/mol. The normalized spacial score (nSPS) is 19.7. The minimum absolute atomic E-state index is 0.639. The first kappa shape index (κ1) is 14.2. The molecule has 0 saturated carbocycles. The second-order valence-electron chi connectivity index (χ2n) is 5.51. The molecular weight excluding hydrogens is 318 g/mol. The highest BCUT2D eigenvalue weighted by molar-refractivity contribution is 9.10. The molecule has 1 aromatic carbocycles. The van der Waals surface area contributed by atoms with Gasteiger partial charge in [-0.2, -0.15) is 0 Å². The molecule has 4 heteroatoms. The molecule has 2 aliphatic rings. The first-order valence-electron chi connectivity index (χ1n) is 7.62. The molecule has 110 valence electrons. The molecular formula is C16H22BrNO2. The first-order chi connectivity index (χ1) is 9.81. The van der Waals surface area contributed by atoms with E-state index >= 15 is 0 Å². The summed E-state index contributed by atoms with van der Waals surface area (Å²) < 4.78 is 12.9. The molecule has 0 amide bonds. The van der Waals surface area contributed by atoms with Crippen LogP contribution in [0.2, 0.25) is 0 Å². The number of piperidine rings is 1. The Morgan fingerprint density at radius 3 is 2.60 bits per heavy atom. The zero-order valence-electron chi connectivity index (χ0n) is 12.0. The third kappa shape index (κ3) is 2.68. The van der Waals surface area contributed by atoms with E-state index in [0.29, 0.717) is 5.92 Å². The lowest BCUT2D eigenvalue weighted by Crippen LogP contribution is -2.27. The van der Waals surface area contributed by atoms with Crippen LogP contribution in [0.15, 0.2) is 10.5 Å². The number of benzene rings is 1. The molecule has 0 atom stereocenters. The molecule has 2 aliphatic heterocycles. The average Bonchev–Trinajstić information content (AvgIpc) is 2.74. The van der Waals surface area contributed by atoms with Crippen LogP contribution in [-0.2, 0) is 6.42 Å². The molecule has 0 unspecified atom stereocenters. The predicted molar refractivity (Wildman–Crippen MR) is 84.0 cm³/mol. The van der Waals surface area contributed by atoms with Gasteiger partial charge in [-0.15, -0.1) is 0 Å². The van der Waals surface area contributed by atoms with Gasteiger partial charge in [-0.05, 0) is 65.8 Å². The number of hydrogen-bond acceptors (Lipinski definition) is 3. The first-order valence-corrected chi connectivity index (χ1v) is 8.42. The summed E-state index contributed by atoms with van der Waals surface area (Å²) in [6.45, 7) is 5.92. The van der Waals surface area contributed by atoms with E-state index in [0.717, 1.165) is 55.1 Å². The molecule has 3 rings (SSSR count). The Morgan fingerprint density at radius 2 is 1.90 bits per heavy atom. The van der Waals surface area contributed by atoms with Crippen molar-refractivity contribution in [2.24, 2.45) is 0 Å². The molecule has 1 fully saturated rings. The van der Waals surface area contributed by atoms with Crippen LogP contribution in [0.5, 0.6) is 11.5 Å². The summed E-state index contributed by atoms with van der Waals surface area (Å²) in [6, 6.07) is 2.27. The van der Waals surface area contributed by atoms with E-state index in [4.69, 9.17) is 9.47 Å². The fourth-order valence-electron chi connectivity index (χ4n) is 3.22. The van der Waals surface area contributed by atoms with E-state index < -0.39 is 0 Å². The van der Waals surface area contributed by atoms with Gasteiger partial charge in [0.25, 0.3) is 0 Å². The molecule has 0 radical (unpaired) electrons. The zero-order chi connectivity index (χ0) is 13.9. The number of fused-ring (bicyclic) bond motifs is 1. The van der Waals surface area contributed by atoms with E-state index in [-0.39, 0.29) is 0 Å². The van der Waals surface area contributed by atoms with Crippen LogP contribution in [0.25, 0.3) is 0 Å². The van der Waals surface area contributed by atoms with E-state index in [9.17, 15) is 0 Å². The van der Waals surface area contributed by atoms with E-state index in [1.54, 1.807) is 0 Å². The van der Waals surface area contributed by atoms with Crippen molar-refractivity contribution in [1.29, 1.82) is 0 Å². The number of nitrogens with one attached hydrogen (secondary N) is 1. The maximum atomic E-state index is 6.01. The maximum Gasteiger partial charge on any atom is 0.175 e. The second-order valence-corrected chi connectivity index (χ2v) is 6.37. The lowest BCUT2D eigenvalue weighted by molar-refractivity contribution is 0.295. The smallest absolute Gasteiger partial charge is 0.175 e. The van der Waals surface area contributed by atoms with Gasteiger partial charge in [0.2, 0.25) is 0 Å². The van der Waals surface area contributed by atoms with Crippen LogP contribution >= 0.6 is 15.9 Å². The van der Waals surface area contributed by atoms with Crippen LogP contribution in [-0.4, -0.2) is 26.3 Å². The van der Waals surface area contributed by atoms with Crippen molar-refractivity contribution in [2.45, 2.75) is 38.5 Å². The summed E-state index contributed by atoms with van der Waals surface area (Å²) in [5, 5.41) is 3.44. The Hall–Kier alpha value is -0.740. The van der Waals surface area contributed by atoms with Gasteiger partial charge in [0.1, 0.15) is 0 Å². The lowest BCUT2D eigenvalue weighted by Gasteiger charge is -2.27. The largest absolute Gasteiger partial charge is 0.489 e. The fourth-order valence-corrected chi connectivity index (χ4v) is 3.76. The molecule has 0 aromatic heterocycles. The Bertz CT molecular complexity index is 484. The molecule has 1 N–H and O–H groups in total. The topological polar surface area (TPSA) is 30.5 Å². The third-order valence-electron chi connectivity index (χ3n) is 4.24. The summed E-state index contributed by atoms with van der Waals surface area (Å²) in [5.74, 6) is 2.52. The number of hydrogen-bond donors (Lipinski definition) is 1. The predicted octanol–water partition coefficient (Wildman–Crippen LogP) is 3.64. The fraction of sp³-hybridized carbons (Fsp3) is 0.625. The highest BCUT2D eigenvalue weighted by atomic mass is 79.9. The van der Waals surface area contributed by atoms with Crippen molar-refractivity contribution in [3.8, 4) is 11.5 Å². The van der Waals surface area contributed by atoms with Crippen LogP contribution in [0.1, 0.15) is 43.2 Å². The molecule has 0 bridgehead atoms. The minimum atomic E-state index is 0.639. The van der Waals surface area contributed by atoms with Gasteiger partial charge >= 0.3 is 0 Å². The van der Waals surface area contributed by atoms with Crippen LogP contribution in [0.4, 0.5) is 0 Å². The summed E-state index contributed by atoms with van der Waals surface area (Å²) in [5.41, 5.74) is 2.79. The highest BCUT2D eigenvalue weighted by Crippen LogP contribution is 2.45. The molecule has 2 heterocycles. The summed E-state index contributed by atoms with van der Waals surface area (Å²) in [6.07, 6.45) is 4.36. The van der Waals surface area contributed by atoms with E-state index in [1.807, 2.05) is 0 Å². The quantitative estimate of drug-likeness (QED) is 0.892. The standard InChI is InChI=1S/C16H22BrNO2/c1-2-12-13(11-4-6-18-7-5-11)10-14(17)16-15(12)19-8-3-9-20-16/h10-11,18H,2-9H2,1H3. The summed E-state index contributed by atoms with van der Waals surface area (Å²) in [4.78, 5) is 0. The van der Waals surface area contributed by atoms with Crippen molar-refractivity contribution in [2.75, 3.05) is 26.3 Å². The number of halogens is 1. The van der Waals surface area contributed by atoms with Gasteiger partial charge in [0, 0.05) is 12.0 Å². The SMILES string of the molecule is CCc1c(C2CCNCC2)cc(Br)c2c1OCCCO2. The lowest BCUT2D eigenvalue weighted by atomic mass is 9.86. The molecule has 20 heavy (non-hydrogen) atoms. The van der Waals surface area contributed by atoms with Crippen molar-refractivity contribution in [1.82, 2.24) is 5.32 Å². The van der Waals surface area contributed by atoms with Gasteiger partial charge in [-0.3, -0.25) is 0 Å². The van der Waals surface area contributed by atoms with Crippen molar-refractivity contribution >= 4 is 15.9 Å². The zero-order valence-corrected chi connectivity index (χ0v) is 13.6. The Balaban J connectivity index is 2.05. The third-order valence-corrected chi connectivity index (χ3v) is 4.83. The molecule has 0 aliphatic carbocycles. The van der Waals surface area contributed by atoms with Gasteiger partial charge in [0.05, 0.1) is 17.7 Å². The molecule has 1 saturated heterocycles. The Kier molecular flexibility index (Phi) is 4.51. The van der Waals surface area contributed by atoms with Crippen LogP contribution in [0, 0.1) is 0 Å². The minimum Gasteiger partial charge on any atom is -0.489 e. The van der Waals surface area contributed by atoms with Gasteiger partial charge in [0.15, 0.2) is 11.5 Å². The van der Waals surface area contributed by atoms with Gasteiger partial charge in [-0.1, -0.05) is 6.92 Å². The average molecular weight is 340 g/mol. The van der Waals surface area contributed by atoms with Gasteiger partial charge in [-0.25, -0.2) is 0 Å². The Labute approximate surface area is 129 Å². The second kappa shape index (κ2) is 6.35. The molecule has 3 nitrogen and oxygen atoms in total. The summed E-state index contributed by atoms with van der Waals surface area (Å²) in [7, 11) is 0. The number of ether oxygens (including phenoxy) is 2. The van der Waals surface area contributed by atoms with Crippen molar-refractivity contribution in [3.05, 3.63) is 21.7 Å². The maximum absolute atomic E-state index is 6.01. The molecule has 0 spiro atoms. The van der Waals surface area contributed by atoms with E-state index in [2.05, 4.69) is 34.2 Å². The van der Waals surface area contributed by atoms with Crippen LogP contribution < -0.4 is 14.8 Å². The van der Waals surface area contributed by atoms with Crippen molar-refractivity contribution < 1.29 is 9.47 Å². The Morgan fingerprint density at radius 1 is 1.20 bits per heavy atom. The molecule has 1 aromatic rings. The number of rotatable bonds is 2. The van der Waals surface area contributed by atoms with Gasteiger partial charge < -0.3 is 14.8 Å². The van der Waals surface area contributed by atoms with Crippen LogP contribution in [0.3, 0.4) is 0 Å². The summed E-state index contributed by atoms with van der Waals surface area (Å²) >= 11 is 3.68. The highest BCUT2D eigenvalue weighted by Gasteiger charge is 2.25. The van der Waals surface area contributed by atoms with Crippen molar-refractivity contribution in [3.63, 3.8) is 0 Å². The van der Waals surface area contributed by atoms with E-state index in [1.165, 1.54) is 24.0 Å².